The molecule has 0 aliphatic carbocycles. The molecule has 1 aromatic rings. The molecule has 0 bridgehead atoms. The van der Waals surface area contributed by atoms with E-state index in [-0.39, 0.29) is 23.4 Å². The quantitative estimate of drug-likeness (QED) is 0.502. The third-order valence-electron chi connectivity index (χ3n) is 1.39. The van der Waals surface area contributed by atoms with E-state index in [9.17, 15) is 4.79 Å². The lowest BCUT2D eigenvalue weighted by molar-refractivity contribution is 0.101. The number of rotatable bonds is 2. The van der Waals surface area contributed by atoms with Crippen LogP contribution in [-0.4, -0.2) is 18.7 Å². The van der Waals surface area contributed by atoms with Gasteiger partial charge in [-0.15, -0.1) is 0 Å². The zero-order valence-corrected chi connectivity index (χ0v) is 5.95. The van der Waals surface area contributed by atoms with E-state index in [1.165, 1.54) is 6.07 Å². The van der Waals surface area contributed by atoms with E-state index in [4.69, 9.17) is 13.0 Å². The van der Waals surface area contributed by atoms with Crippen molar-refractivity contribution >= 4 is 13.6 Å². The highest BCUT2D eigenvalue weighted by Gasteiger charge is 2.05. The van der Waals surface area contributed by atoms with E-state index in [2.05, 4.69) is 0 Å². The second-order valence-electron chi connectivity index (χ2n) is 2.14. The Hall–Kier alpha value is -1.25. The number of phenols is 1. The van der Waals surface area contributed by atoms with Gasteiger partial charge in [-0.3, -0.25) is 4.79 Å². The van der Waals surface area contributed by atoms with Crippen LogP contribution >= 0.6 is 0 Å². The van der Waals surface area contributed by atoms with Crippen molar-refractivity contribution in [1.29, 1.82) is 0 Å². The van der Waals surface area contributed by atoms with Crippen LogP contribution in [0.25, 0.3) is 0 Å². The first-order chi connectivity index (χ1) is 5.25. The Morgan fingerprint density at radius 1 is 1.45 bits per heavy atom. The van der Waals surface area contributed by atoms with Crippen molar-refractivity contribution in [2.24, 2.45) is 0 Å². The molecule has 2 radical (unpaired) electrons. The van der Waals surface area contributed by atoms with Gasteiger partial charge in [0.25, 0.3) is 0 Å². The lowest BCUT2D eigenvalue weighted by Gasteiger charge is -1.99. The summed E-state index contributed by atoms with van der Waals surface area (Å²) in [6.45, 7) is 0. The SMILES string of the molecule is [B]CC(=O)c1ccccc1O. The standard InChI is InChI=1S/C8H7BO2/c9-5-8(11)6-3-1-2-4-7(6)10/h1-4,10H,5H2. The van der Waals surface area contributed by atoms with Gasteiger partial charge in [0.1, 0.15) is 5.75 Å². The number of benzene rings is 1. The zero-order valence-electron chi connectivity index (χ0n) is 5.95. The van der Waals surface area contributed by atoms with E-state index >= 15 is 0 Å². The molecule has 0 saturated heterocycles. The predicted octanol–water partition coefficient (Wildman–Crippen LogP) is 1.16. The fourth-order valence-electron chi connectivity index (χ4n) is 0.819. The third kappa shape index (κ3) is 1.61. The first-order valence-electron chi connectivity index (χ1n) is 3.27. The van der Waals surface area contributed by atoms with E-state index < -0.39 is 0 Å². The van der Waals surface area contributed by atoms with Crippen molar-refractivity contribution in [3.05, 3.63) is 29.8 Å². The van der Waals surface area contributed by atoms with Gasteiger partial charge >= 0.3 is 0 Å². The molecule has 0 saturated carbocycles. The van der Waals surface area contributed by atoms with Gasteiger partial charge in [-0.2, -0.15) is 0 Å². The summed E-state index contributed by atoms with van der Waals surface area (Å²) >= 11 is 0. The predicted molar refractivity (Wildman–Crippen MR) is 43.0 cm³/mol. The fourth-order valence-corrected chi connectivity index (χ4v) is 0.819. The van der Waals surface area contributed by atoms with Crippen LogP contribution in [0.3, 0.4) is 0 Å². The molecule has 0 atom stereocenters. The fraction of sp³-hybridized carbons (Fsp3) is 0.125. The highest BCUT2D eigenvalue weighted by Crippen LogP contribution is 2.16. The van der Waals surface area contributed by atoms with Gasteiger partial charge in [0, 0.05) is 0 Å². The lowest BCUT2D eigenvalue weighted by Crippen LogP contribution is -1.96. The molecule has 0 fully saturated rings. The third-order valence-corrected chi connectivity index (χ3v) is 1.39. The monoisotopic (exact) mass is 146 g/mol. The molecule has 0 aliphatic rings. The summed E-state index contributed by atoms with van der Waals surface area (Å²) in [5, 5.41) is 9.14. The summed E-state index contributed by atoms with van der Waals surface area (Å²) in [6, 6.07) is 6.35. The number of ketones is 1. The minimum atomic E-state index is -0.247. The maximum absolute atomic E-state index is 10.9. The van der Waals surface area contributed by atoms with Crippen LogP contribution in [-0.2, 0) is 0 Å². The minimum Gasteiger partial charge on any atom is -0.507 e. The lowest BCUT2D eigenvalue weighted by atomic mass is 9.95. The summed E-state index contributed by atoms with van der Waals surface area (Å²) in [4.78, 5) is 10.9. The molecule has 0 heterocycles. The topological polar surface area (TPSA) is 37.3 Å². The molecular formula is C8H7BO2. The smallest absolute Gasteiger partial charge is 0.158 e. The molecule has 1 N–H and O–H groups in total. The molecule has 0 spiro atoms. The van der Waals surface area contributed by atoms with Crippen molar-refractivity contribution in [1.82, 2.24) is 0 Å². The maximum Gasteiger partial charge on any atom is 0.158 e. The van der Waals surface area contributed by atoms with Crippen LogP contribution in [0.5, 0.6) is 5.75 Å². The van der Waals surface area contributed by atoms with E-state index in [0.29, 0.717) is 0 Å². The van der Waals surface area contributed by atoms with Crippen molar-refractivity contribution in [3.8, 4) is 5.75 Å². The number of carbonyl (C=O) groups is 1. The Labute approximate surface area is 66.3 Å². The van der Waals surface area contributed by atoms with Gasteiger partial charge in [-0.05, 0) is 18.5 Å². The van der Waals surface area contributed by atoms with Crippen LogP contribution in [0.15, 0.2) is 24.3 Å². The largest absolute Gasteiger partial charge is 0.507 e. The van der Waals surface area contributed by atoms with Gasteiger partial charge in [-0.1, -0.05) is 12.1 Å². The van der Waals surface area contributed by atoms with Crippen LogP contribution in [0.1, 0.15) is 10.4 Å². The summed E-state index contributed by atoms with van der Waals surface area (Å²) in [5.41, 5.74) is 0.287. The van der Waals surface area contributed by atoms with Gasteiger partial charge in [0.05, 0.1) is 13.4 Å². The normalized spacial score (nSPS) is 9.45. The number of para-hydroxylation sites is 1. The highest BCUT2D eigenvalue weighted by molar-refractivity contribution is 6.24. The van der Waals surface area contributed by atoms with Crippen LogP contribution in [0.2, 0.25) is 6.32 Å². The van der Waals surface area contributed by atoms with Crippen LogP contribution < -0.4 is 0 Å². The number of hydrogen-bond donors (Lipinski definition) is 1. The number of hydrogen-bond acceptors (Lipinski definition) is 2. The van der Waals surface area contributed by atoms with Gasteiger partial charge in [0.15, 0.2) is 5.78 Å². The Morgan fingerprint density at radius 2 is 2.09 bits per heavy atom. The van der Waals surface area contributed by atoms with Gasteiger partial charge in [0.2, 0.25) is 0 Å². The van der Waals surface area contributed by atoms with Crippen molar-refractivity contribution < 1.29 is 9.90 Å². The van der Waals surface area contributed by atoms with Crippen molar-refractivity contribution in [2.75, 3.05) is 0 Å². The molecule has 2 nitrogen and oxygen atoms in total. The van der Waals surface area contributed by atoms with Gasteiger partial charge in [-0.25, -0.2) is 0 Å². The van der Waals surface area contributed by atoms with Gasteiger partial charge < -0.3 is 5.11 Å². The molecule has 1 aromatic carbocycles. The molecule has 0 aliphatic heterocycles. The number of phenolic OH excluding ortho intramolecular Hbond substituents is 1. The summed E-state index contributed by atoms with van der Waals surface area (Å²) in [7, 11) is 5.11. The van der Waals surface area contributed by atoms with Crippen LogP contribution in [0, 0.1) is 0 Å². The average molecular weight is 146 g/mol. The average Bonchev–Trinajstić information content (AvgIpc) is 2.04. The Bertz CT molecular complexity index is 271. The Kier molecular flexibility index (Phi) is 2.31. The molecule has 11 heavy (non-hydrogen) atoms. The Balaban J connectivity index is 3.03. The molecule has 0 unspecified atom stereocenters. The van der Waals surface area contributed by atoms with Crippen LogP contribution in [0.4, 0.5) is 0 Å². The molecular weight excluding hydrogens is 139 g/mol. The second kappa shape index (κ2) is 3.24. The van der Waals surface area contributed by atoms with Crippen molar-refractivity contribution in [3.63, 3.8) is 0 Å². The maximum atomic E-state index is 10.9. The van der Waals surface area contributed by atoms with Crippen molar-refractivity contribution in [2.45, 2.75) is 6.32 Å². The second-order valence-corrected chi connectivity index (χ2v) is 2.14. The number of carbonyl (C=O) groups excluding carboxylic acids is 1. The first-order valence-corrected chi connectivity index (χ1v) is 3.27. The number of aromatic hydroxyl groups is 1. The highest BCUT2D eigenvalue weighted by atomic mass is 16.3. The minimum absolute atomic E-state index is 0.0112. The molecule has 0 aromatic heterocycles. The number of Topliss-reactive ketones (excluding diaryl/α,β-unsaturated/α-hetero) is 1. The Morgan fingerprint density at radius 3 is 2.64 bits per heavy atom. The molecule has 3 heteroatoms. The molecule has 0 amide bonds. The first kappa shape index (κ1) is 7.86. The van der Waals surface area contributed by atoms with E-state index in [1.54, 1.807) is 18.2 Å². The van der Waals surface area contributed by atoms with E-state index in [0.717, 1.165) is 0 Å². The summed E-state index contributed by atoms with van der Waals surface area (Å²) < 4.78 is 0. The zero-order chi connectivity index (χ0) is 8.27. The molecule has 54 valence electrons. The van der Waals surface area contributed by atoms with E-state index in [1.807, 2.05) is 0 Å². The summed E-state index contributed by atoms with van der Waals surface area (Å²) in [6.07, 6.45) is -0.0719. The summed E-state index contributed by atoms with van der Waals surface area (Å²) in [5.74, 6) is -0.258. The molecule has 1 rings (SSSR count).